The van der Waals surface area contributed by atoms with Crippen LogP contribution in [0.3, 0.4) is 0 Å². The normalized spacial score (nSPS) is 10.1. The average molecular weight is 388 g/mol. The van der Waals surface area contributed by atoms with Gasteiger partial charge < -0.3 is 19.8 Å². The van der Waals surface area contributed by atoms with E-state index in [0.717, 1.165) is 0 Å². The molecular formula is C20H10N2Na2O4. The van der Waals surface area contributed by atoms with Crippen molar-refractivity contribution in [1.82, 2.24) is 9.97 Å². The van der Waals surface area contributed by atoms with Crippen LogP contribution in [-0.4, -0.2) is 21.9 Å². The van der Waals surface area contributed by atoms with Crippen LogP contribution >= 0.6 is 0 Å². The molecule has 2 aromatic carbocycles. The number of nitrogens with zero attached hydrogens (tertiary/aromatic N) is 2. The molecule has 0 radical (unpaired) electrons. The van der Waals surface area contributed by atoms with E-state index in [2.05, 4.69) is 9.97 Å². The van der Waals surface area contributed by atoms with E-state index in [1.54, 1.807) is 54.7 Å². The monoisotopic (exact) mass is 388 g/mol. The minimum atomic E-state index is -1.39. The van der Waals surface area contributed by atoms with Crippen molar-refractivity contribution in [1.29, 1.82) is 0 Å². The van der Waals surface area contributed by atoms with E-state index in [0.29, 0.717) is 21.8 Å². The van der Waals surface area contributed by atoms with Crippen LogP contribution in [0.1, 0.15) is 20.7 Å². The molecule has 28 heavy (non-hydrogen) atoms. The molecule has 0 fully saturated rings. The number of hydrogen-bond donors (Lipinski definition) is 0. The Hall–Kier alpha value is -1.80. The van der Waals surface area contributed by atoms with Gasteiger partial charge in [0.05, 0.1) is 28.7 Å². The van der Waals surface area contributed by atoms with Crippen molar-refractivity contribution in [3.05, 3.63) is 71.9 Å². The van der Waals surface area contributed by atoms with Crippen molar-refractivity contribution in [2.24, 2.45) is 0 Å². The smallest absolute Gasteiger partial charge is 0.545 e. The number of para-hydroxylation sites is 1. The molecule has 0 aliphatic rings. The van der Waals surface area contributed by atoms with Gasteiger partial charge in [-0.15, -0.1) is 0 Å². The van der Waals surface area contributed by atoms with Crippen molar-refractivity contribution >= 4 is 33.7 Å². The molecule has 6 nitrogen and oxygen atoms in total. The summed E-state index contributed by atoms with van der Waals surface area (Å²) in [5.74, 6) is -2.74. The predicted molar refractivity (Wildman–Crippen MR) is 91.1 cm³/mol. The van der Waals surface area contributed by atoms with Gasteiger partial charge in [-0.3, -0.25) is 4.98 Å². The summed E-state index contributed by atoms with van der Waals surface area (Å²) in [4.78, 5) is 31.9. The van der Waals surface area contributed by atoms with Crippen LogP contribution in [-0.2, 0) is 0 Å². The molecule has 126 valence electrons. The summed E-state index contributed by atoms with van der Waals surface area (Å²) in [5, 5.41) is 24.2. The van der Waals surface area contributed by atoms with Gasteiger partial charge in [0.25, 0.3) is 0 Å². The van der Waals surface area contributed by atoms with Crippen LogP contribution in [0.2, 0.25) is 0 Å². The third-order valence-electron chi connectivity index (χ3n) is 4.20. The largest absolute Gasteiger partial charge is 1.00 e. The number of hydrogen-bond acceptors (Lipinski definition) is 6. The Morgan fingerprint density at radius 2 is 1.50 bits per heavy atom. The van der Waals surface area contributed by atoms with Gasteiger partial charge in [-0.25, -0.2) is 4.98 Å². The molecule has 0 amide bonds. The van der Waals surface area contributed by atoms with Crippen molar-refractivity contribution in [2.75, 3.05) is 0 Å². The fourth-order valence-corrected chi connectivity index (χ4v) is 3.07. The number of rotatable bonds is 3. The fraction of sp³-hybridized carbons (Fsp3) is 0. The van der Waals surface area contributed by atoms with Gasteiger partial charge in [-0.2, -0.15) is 0 Å². The fourth-order valence-electron chi connectivity index (χ4n) is 3.07. The number of carboxylic acid groups (broad SMARTS) is 2. The molecule has 0 spiro atoms. The number of aromatic nitrogens is 2. The van der Waals surface area contributed by atoms with Crippen molar-refractivity contribution in [3.63, 3.8) is 0 Å². The maximum absolute atomic E-state index is 11.8. The first-order valence-electron chi connectivity index (χ1n) is 7.77. The quantitative estimate of drug-likeness (QED) is 0.326. The number of carbonyl (C=O) groups excluding carboxylic acids is 2. The summed E-state index contributed by atoms with van der Waals surface area (Å²) in [5.41, 5.74) is 1.27. The zero-order valence-corrected chi connectivity index (χ0v) is 19.3. The Bertz CT molecular complexity index is 1210. The molecule has 0 saturated heterocycles. The summed E-state index contributed by atoms with van der Waals surface area (Å²) in [6.07, 6.45) is 1.56. The first-order chi connectivity index (χ1) is 12.6. The van der Waals surface area contributed by atoms with Gasteiger partial charge in [-0.05, 0) is 30.3 Å². The summed E-state index contributed by atoms with van der Waals surface area (Å²) < 4.78 is 0. The van der Waals surface area contributed by atoms with Gasteiger partial charge in [-0.1, -0.05) is 24.3 Å². The summed E-state index contributed by atoms with van der Waals surface area (Å²) in [6.45, 7) is 0. The summed E-state index contributed by atoms with van der Waals surface area (Å²) >= 11 is 0. The second-order valence-electron chi connectivity index (χ2n) is 5.71. The van der Waals surface area contributed by atoms with E-state index in [-0.39, 0.29) is 81.5 Å². The topological polar surface area (TPSA) is 106 Å². The molecule has 0 aliphatic heterocycles. The number of aromatic carboxylic acids is 2. The van der Waals surface area contributed by atoms with E-state index >= 15 is 0 Å². The maximum atomic E-state index is 11.8. The first-order valence-corrected chi connectivity index (χ1v) is 7.77. The maximum Gasteiger partial charge on any atom is 1.00 e. The third kappa shape index (κ3) is 3.98. The van der Waals surface area contributed by atoms with Gasteiger partial charge in [0.1, 0.15) is 0 Å². The molecule has 2 aromatic heterocycles. The Labute approximate surface area is 204 Å². The minimum Gasteiger partial charge on any atom is -0.545 e. The molecule has 0 atom stereocenters. The second kappa shape index (κ2) is 9.13. The molecule has 0 bridgehead atoms. The molecule has 2 heterocycles. The summed E-state index contributed by atoms with van der Waals surface area (Å²) in [6, 6.07) is 14.5. The van der Waals surface area contributed by atoms with Crippen LogP contribution in [0.25, 0.3) is 33.1 Å². The number of benzene rings is 2. The van der Waals surface area contributed by atoms with Gasteiger partial charge in [0.2, 0.25) is 0 Å². The van der Waals surface area contributed by atoms with Crippen LogP contribution in [0.5, 0.6) is 0 Å². The van der Waals surface area contributed by atoms with Crippen molar-refractivity contribution < 1.29 is 78.9 Å². The summed E-state index contributed by atoms with van der Waals surface area (Å²) in [7, 11) is 0. The van der Waals surface area contributed by atoms with E-state index in [1.807, 2.05) is 0 Å². The van der Waals surface area contributed by atoms with E-state index in [9.17, 15) is 19.8 Å². The molecule has 4 aromatic rings. The van der Waals surface area contributed by atoms with E-state index < -0.39 is 11.9 Å². The Balaban J connectivity index is 0.00000140. The molecule has 8 heteroatoms. The molecule has 0 saturated carbocycles. The zero-order chi connectivity index (χ0) is 18.3. The predicted octanol–water partition coefficient (Wildman–Crippen LogP) is -4.81. The molecule has 4 rings (SSSR count). The van der Waals surface area contributed by atoms with E-state index in [4.69, 9.17) is 0 Å². The molecular weight excluding hydrogens is 378 g/mol. The van der Waals surface area contributed by atoms with Crippen molar-refractivity contribution in [3.8, 4) is 11.3 Å². The first kappa shape index (κ1) is 22.5. The number of pyridine rings is 2. The minimum absolute atomic E-state index is 0. The van der Waals surface area contributed by atoms with Crippen molar-refractivity contribution in [2.45, 2.75) is 0 Å². The Morgan fingerprint density at radius 1 is 0.786 bits per heavy atom. The van der Waals surface area contributed by atoms with Gasteiger partial charge >= 0.3 is 59.1 Å². The van der Waals surface area contributed by atoms with Gasteiger partial charge in [0.15, 0.2) is 0 Å². The standard InChI is InChI=1S/C20H12N2O4.2Na/c23-19(24)14-10-17(22-16-6-2-1-4-11(14)16)13-7-8-15-12(5-3-9-21-15)18(13)20(25)26;;/h1-10H,(H,23,24)(H,25,26);;/q;2*+1/p-2. The molecule has 0 N–H and O–H groups in total. The Kier molecular flexibility index (Phi) is 7.33. The van der Waals surface area contributed by atoms with Crippen LogP contribution < -0.4 is 69.3 Å². The SMILES string of the molecule is O=C([O-])c1cc(-c2ccc3ncccc3c2C(=O)[O-])nc2ccccc12.[Na+].[Na+]. The number of carbonyl (C=O) groups is 2. The second-order valence-corrected chi connectivity index (χ2v) is 5.71. The van der Waals surface area contributed by atoms with Crippen LogP contribution in [0.15, 0.2) is 60.8 Å². The van der Waals surface area contributed by atoms with Gasteiger partial charge in [0, 0.05) is 33.7 Å². The number of fused-ring (bicyclic) bond motifs is 2. The third-order valence-corrected chi connectivity index (χ3v) is 4.20. The zero-order valence-electron chi connectivity index (χ0n) is 15.3. The average Bonchev–Trinajstić information content (AvgIpc) is 2.65. The van der Waals surface area contributed by atoms with Crippen LogP contribution in [0.4, 0.5) is 0 Å². The number of carboxylic acids is 2. The molecule has 0 unspecified atom stereocenters. The van der Waals surface area contributed by atoms with E-state index in [1.165, 1.54) is 6.07 Å². The van der Waals surface area contributed by atoms with Crippen LogP contribution in [0, 0.1) is 0 Å². The molecule has 0 aliphatic carbocycles. The Morgan fingerprint density at radius 3 is 2.21 bits per heavy atom.